The number of aromatic nitrogens is 2. The van der Waals surface area contributed by atoms with Crippen LogP contribution >= 0.6 is 0 Å². The van der Waals surface area contributed by atoms with E-state index in [0.29, 0.717) is 34.0 Å². The summed E-state index contributed by atoms with van der Waals surface area (Å²) in [6.07, 6.45) is 0. The van der Waals surface area contributed by atoms with Gasteiger partial charge in [0.15, 0.2) is 23.9 Å². The number of anilines is 1. The minimum Gasteiger partial charge on any atom is -0.493 e. The Hall–Kier alpha value is -3.94. The van der Waals surface area contributed by atoms with Gasteiger partial charge in [0, 0.05) is 17.2 Å². The molecule has 0 aliphatic carbocycles. The summed E-state index contributed by atoms with van der Waals surface area (Å²) in [6, 6.07) is 14.8. The van der Waals surface area contributed by atoms with E-state index in [1.807, 2.05) is 0 Å². The van der Waals surface area contributed by atoms with Crippen LogP contribution in [-0.2, 0) is 4.79 Å². The van der Waals surface area contributed by atoms with Crippen molar-refractivity contribution in [3.63, 3.8) is 0 Å². The number of H-pyrrole nitrogens is 1. The van der Waals surface area contributed by atoms with Crippen LogP contribution in [0.5, 0.6) is 11.5 Å². The zero-order valence-corrected chi connectivity index (χ0v) is 15.9. The molecule has 0 saturated heterocycles. The third-order valence-electron chi connectivity index (χ3n) is 4.09. The number of methoxy groups -OCH3 is 1. The van der Waals surface area contributed by atoms with Crippen LogP contribution in [0.1, 0.15) is 17.3 Å². The predicted octanol–water partition coefficient (Wildman–Crippen LogP) is 2.67. The molecule has 0 aliphatic rings. The van der Waals surface area contributed by atoms with Crippen LogP contribution in [0, 0.1) is 0 Å². The molecule has 3 aromatic rings. The minimum atomic E-state index is -0.389. The number of benzene rings is 2. The van der Waals surface area contributed by atoms with Gasteiger partial charge in [0.25, 0.3) is 11.5 Å². The Morgan fingerprint density at radius 3 is 2.55 bits per heavy atom. The van der Waals surface area contributed by atoms with Crippen LogP contribution in [0.25, 0.3) is 11.3 Å². The summed E-state index contributed by atoms with van der Waals surface area (Å²) >= 11 is 0. The molecule has 0 spiro atoms. The number of ether oxygens (including phenoxy) is 2. The molecule has 0 radical (unpaired) electrons. The number of hydrogen-bond donors (Lipinski definition) is 2. The van der Waals surface area contributed by atoms with Crippen molar-refractivity contribution in [3.8, 4) is 22.8 Å². The van der Waals surface area contributed by atoms with Crippen molar-refractivity contribution >= 4 is 17.4 Å². The van der Waals surface area contributed by atoms with Crippen molar-refractivity contribution in [2.24, 2.45) is 0 Å². The molecule has 0 bridgehead atoms. The van der Waals surface area contributed by atoms with E-state index in [1.54, 1.807) is 48.5 Å². The molecule has 8 heteroatoms. The van der Waals surface area contributed by atoms with E-state index in [4.69, 9.17) is 9.47 Å². The molecule has 3 rings (SSSR count). The summed E-state index contributed by atoms with van der Waals surface area (Å²) in [5.41, 5.74) is 1.87. The van der Waals surface area contributed by atoms with Crippen molar-refractivity contribution in [3.05, 3.63) is 70.5 Å². The molecule has 2 N–H and O–H groups in total. The lowest BCUT2D eigenvalue weighted by Gasteiger charge is -2.13. The van der Waals surface area contributed by atoms with Gasteiger partial charge in [-0.25, -0.2) is 5.10 Å². The fourth-order valence-electron chi connectivity index (χ4n) is 2.65. The quantitative estimate of drug-likeness (QED) is 0.597. The van der Waals surface area contributed by atoms with Crippen LogP contribution in [0.15, 0.2) is 59.4 Å². The molecule has 29 heavy (non-hydrogen) atoms. The Balaban J connectivity index is 1.72. The number of nitrogens with one attached hydrogen (secondary N) is 2. The highest BCUT2D eigenvalue weighted by molar-refractivity contribution is 5.96. The van der Waals surface area contributed by atoms with Crippen molar-refractivity contribution in [1.82, 2.24) is 10.2 Å². The summed E-state index contributed by atoms with van der Waals surface area (Å²) in [7, 11) is 1.46. The maximum atomic E-state index is 12.4. The molecule has 0 unspecified atom stereocenters. The van der Waals surface area contributed by atoms with Crippen molar-refractivity contribution in [1.29, 1.82) is 0 Å². The maximum Gasteiger partial charge on any atom is 0.264 e. The summed E-state index contributed by atoms with van der Waals surface area (Å²) in [6.45, 7) is 1.20. The first-order valence-corrected chi connectivity index (χ1v) is 8.74. The molecule has 0 fully saturated rings. The standard InChI is InChI=1S/C21H19N3O5/c1-13(25)14-7-9-18(19(11-14)28-2)29-12-21(27)22-16-6-4-3-5-15(16)17-8-10-20(26)24-23-17/h3-11H,12H2,1-2H3,(H,22,27)(H,24,26). The van der Waals surface area contributed by atoms with E-state index in [0.717, 1.165) is 0 Å². The van der Waals surface area contributed by atoms with Gasteiger partial charge in [0.05, 0.1) is 18.5 Å². The predicted molar refractivity (Wildman–Crippen MR) is 107 cm³/mol. The molecule has 148 valence electrons. The number of Topliss-reactive ketones (excluding diaryl/α,β-unsaturated/α-hetero) is 1. The minimum absolute atomic E-state index is 0.0972. The van der Waals surface area contributed by atoms with E-state index in [9.17, 15) is 14.4 Å². The number of amides is 1. The van der Waals surface area contributed by atoms with Crippen LogP contribution in [-0.4, -0.2) is 35.6 Å². The van der Waals surface area contributed by atoms with E-state index in [-0.39, 0.29) is 23.9 Å². The lowest BCUT2D eigenvalue weighted by Crippen LogP contribution is -2.21. The van der Waals surface area contributed by atoms with Crippen LogP contribution < -0.4 is 20.3 Å². The summed E-state index contributed by atoms with van der Waals surface area (Å²) in [5.74, 6) is 0.228. The van der Waals surface area contributed by atoms with Gasteiger partial charge in [-0.2, -0.15) is 5.10 Å². The average molecular weight is 393 g/mol. The molecule has 1 heterocycles. The van der Waals surface area contributed by atoms with Gasteiger partial charge in [-0.05, 0) is 37.3 Å². The Bertz CT molecular complexity index is 1090. The third-order valence-corrected chi connectivity index (χ3v) is 4.09. The normalized spacial score (nSPS) is 10.3. The first-order valence-electron chi connectivity index (χ1n) is 8.74. The zero-order chi connectivity index (χ0) is 20.8. The topological polar surface area (TPSA) is 110 Å². The Morgan fingerprint density at radius 1 is 1.07 bits per heavy atom. The molecular formula is C21H19N3O5. The van der Waals surface area contributed by atoms with Gasteiger partial charge < -0.3 is 14.8 Å². The van der Waals surface area contributed by atoms with Gasteiger partial charge in [-0.1, -0.05) is 18.2 Å². The molecule has 1 amide bonds. The molecule has 0 saturated carbocycles. The van der Waals surface area contributed by atoms with E-state index < -0.39 is 0 Å². The highest BCUT2D eigenvalue weighted by Crippen LogP contribution is 2.29. The van der Waals surface area contributed by atoms with Crippen LogP contribution in [0.2, 0.25) is 0 Å². The number of aromatic amines is 1. The first kappa shape index (κ1) is 19.8. The second-order valence-electron chi connectivity index (χ2n) is 6.11. The number of nitrogens with zero attached hydrogens (tertiary/aromatic N) is 1. The third kappa shape index (κ3) is 4.86. The highest BCUT2D eigenvalue weighted by atomic mass is 16.5. The smallest absolute Gasteiger partial charge is 0.264 e. The average Bonchev–Trinajstić information content (AvgIpc) is 2.73. The lowest BCUT2D eigenvalue weighted by molar-refractivity contribution is -0.118. The fraction of sp³-hybridized carbons (Fsp3) is 0.143. The van der Waals surface area contributed by atoms with Crippen molar-refractivity contribution < 1.29 is 19.1 Å². The van der Waals surface area contributed by atoms with Crippen molar-refractivity contribution in [2.75, 3.05) is 19.0 Å². The lowest BCUT2D eigenvalue weighted by atomic mass is 10.1. The number of hydrogen-bond acceptors (Lipinski definition) is 6. The fourth-order valence-corrected chi connectivity index (χ4v) is 2.65. The number of ketones is 1. The number of rotatable bonds is 7. The van der Waals surface area contributed by atoms with Gasteiger partial charge >= 0.3 is 0 Å². The second-order valence-corrected chi connectivity index (χ2v) is 6.11. The van der Waals surface area contributed by atoms with Crippen LogP contribution in [0.3, 0.4) is 0 Å². The largest absolute Gasteiger partial charge is 0.493 e. The molecular weight excluding hydrogens is 374 g/mol. The SMILES string of the molecule is COc1cc(C(C)=O)ccc1OCC(=O)Nc1ccccc1-c1ccc(=O)[nH]n1. The molecule has 2 aromatic carbocycles. The number of carbonyl (C=O) groups is 2. The van der Waals surface area contributed by atoms with Gasteiger partial charge in [0.1, 0.15) is 0 Å². The first-order chi connectivity index (χ1) is 14.0. The summed E-state index contributed by atoms with van der Waals surface area (Å²) in [4.78, 5) is 35.1. The number of para-hydroxylation sites is 1. The molecule has 8 nitrogen and oxygen atoms in total. The molecule has 0 aliphatic heterocycles. The monoisotopic (exact) mass is 393 g/mol. The van der Waals surface area contributed by atoms with Gasteiger partial charge in [-0.15, -0.1) is 0 Å². The molecule has 0 atom stereocenters. The Morgan fingerprint density at radius 2 is 1.86 bits per heavy atom. The van der Waals surface area contributed by atoms with Gasteiger partial charge in [-0.3, -0.25) is 14.4 Å². The van der Waals surface area contributed by atoms with E-state index in [2.05, 4.69) is 15.5 Å². The van der Waals surface area contributed by atoms with E-state index >= 15 is 0 Å². The highest BCUT2D eigenvalue weighted by Gasteiger charge is 2.13. The van der Waals surface area contributed by atoms with Crippen LogP contribution in [0.4, 0.5) is 5.69 Å². The van der Waals surface area contributed by atoms with Crippen molar-refractivity contribution in [2.45, 2.75) is 6.92 Å². The number of carbonyl (C=O) groups excluding carboxylic acids is 2. The Labute approximate surface area is 166 Å². The summed E-state index contributed by atoms with van der Waals surface area (Å²) in [5, 5.41) is 9.13. The Kier molecular flexibility index (Phi) is 6.03. The molecule has 1 aromatic heterocycles. The van der Waals surface area contributed by atoms with E-state index in [1.165, 1.54) is 20.1 Å². The summed E-state index contributed by atoms with van der Waals surface area (Å²) < 4.78 is 10.8. The zero-order valence-electron chi connectivity index (χ0n) is 15.9. The second kappa shape index (κ2) is 8.83. The maximum absolute atomic E-state index is 12.4. The van der Waals surface area contributed by atoms with Gasteiger partial charge in [0.2, 0.25) is 0 Å².